The predicted molar refractivity (Wildman–Crippen MR) is 34.9 cm³/mol. The Morgan fingerprint density at radius 1 is 1.89 bits per heavy atom. The molecule has 0 unspecified atom stereocenters. The van der Waals surface area contributed by atoms with E-state index in [2.05, 4.69) is 4.98 Å². The van der Waals surface area contributed by atoms with Crippen molar-refractivity contribution in [1.29, 1.82) is 0 Å². The maximum Gasteiger partial charge on any atom is 0.0844 e. The molecule has 0 N–H and O–H groups in total. The number of methoxy groups -OCH3 is 1. The summed E-state index contributed by atoms with van der Waals surface area (Å²) in [4.78, 5) is 3.78. The van der Waals surface area contributed by atoms with Crippen molar-refractivity contribution >= 4 is 0 Å². The normalized spacial score (nSPS) is 11.0. The molecule has 0 aromatic carbocycles. The monoisotopic (exact) mass is 124 g/mol. The fourth-order valence-electron chi connectivity index (χ4n) is 0.596. The molecule has 48 valence electrons. The van der Waals surface area contributed by atoms with E-state index in [1.165, 1.54) is 0 Å². The Morgan fingerprint density at radius 2 is 2.78 bits per heavy atom. The predicted octanol–water partition coefficient (Wildman–Crippen LogP) is 1.23. The minimum Gasteiger partial charge on any atom is -0.380 e. The van der Waals surface area contributed by atoms with Crippen molar-refractivity contribution in [3.8, 4) is 0 Å². The van der Waals surface area contributed by atoms with Crippen molar-refractivity contribution < 1.29 is 6.11 Å². The van der Waals surface area contributed by atoms with Gasteiger partial charge in [0.2, 0.25) is 0 Å². The fraction of sp³-hybridized carbons (Fsp3) is 0.286. The maximum absolute atomic E-state index is 7.28. The molecule has 0 aliphatic heterocycles. The van der Waals surface area contributed by atoms with E-state index in [1.54, 1.807) is 19.4 Å². The van der Waals surface area contributed by atoms with Crippen LogP contribution >= 0.6 is 0 Å². The number of pyridine rings is 1. The van der Waals surface area contributed by atoms with E-state index in [1.807, 2.05) is 6.07 Å². The molecule has 0 fully saturated rings. The molecule has 1 heterocycles. The van der Waals surface area contributed by atoms with Gasteiger partial charge in [0.25, 0.3) is 0 Å². The summed E-state index contributed by atoms with van der Waals surface area (Å²) in [5, 5.41) is 0. The van der Waals surface area contributed by atoms with Gasteiger partial charge in [-0.25, -0.2) is 0 Å². The molecule has 0 saturated heterocycles. The number of hydrogen-bond acceptors (Lipinski definition) is 2. The van der Waals surface area contributed by atoms with Gasteiger partial charge in [-0.2, -0.15) is 0 Å². The van der Waals surface area contributed by atoms with Gasteiger partial charge in [0, 0.05) is 19.5 Å². The Labute approximate surface area is 55.9 Å². The van der Waals surface area contributed by atoms with Crippen LogP contribution in [0.5, 0.6) is 0 Å². The second kappa shape index (κ2) is 3.20. The molecule has 0 spiro atoms. The lowest BCUT2D eigenvalue weighted by molar-refractivity contribution is 0.184. The van der Waals surface area contributed by atoms with Crippen molar-refractivity contribution in [3.05, 3.63) is 30.1 Å². The highest BCUT2D eigenvalue weighted by molar-refractivity contribution is 5.06. The van der Waals surface area contributed by atoms with E-state index >= 15 is 0 Å². The van der Waals surface area contributed by atoms with Crippen LogP contribution in [0.3, 0.4) is 0 Å². The van der Waals surface area contributed by atoms with Crippen molar-refractivity contribution in [2.45, 2.75) is 6.61 Å². The SMILES string of the molecule is [2H]c1ncccc1COC. The van der Waals surface area contributed by atoms with E-state index in [-0.39, 0.29) is 0 Å². The first-order valence-corrected chi connectivity index (χ1v) is 2.74. The van der Waals surface area contributed by atoms with Gasteiger partial charge in [-0.1, -0.05) is 6.07 Å². The minimum absolute atomic E-state index is 0.296. The lowest BCUT2D eigenvalue weighted by Crippen LogP contribution is -1.86. The van der Waals surface area contributed by atoms with Crippen LogP contribution in [0.1, 0.15) is 6.93 Å². The molecule has 0 aliphatic carbocycles. The summed E-state index contributed by atoms with van der Waals surface area (Å²) in [6.45, 7) is 0.465. The largest absolute Gasteiger partial charge is 0.380 e. The third-order valence-corrected chi connectivity index (χ3v) is 0.966. The standard InChI is InChI=1S/C7H9NO/c1-9-6-7-3-2-4-8-5-7/h2-5H,6H2,1H3/i5D. The van der Waals surface area contributed by atoms with Crippen LogP contribution in [0.15, 0.2) is 24.5 Å². The van der Waals surface area contributed by atoms with Gasteiger partial charge in [0.05, 0.1) is 7.98 Å². The van der Waals surface area contributed by atoms with Crippen molar-refractivity contribution in [2.24, 2.45) is 0 Å². The van der Waals surface area contributed by atoms with Gasteiger partial charge < -0.3 is 4.74 Å². The van der Waals surface area contributed by atoms with Crippen molar-refractivity contribution in [3.63, 3.8) is 0 Å². The summed E-state index contributed by atoms with van der Waals surface area (Å²) in [5.74, 6) is 0. The molecule has 0 atom stereocenters. The number of rotatable bonds is 2. The Balaban J connectivity index is 2.81. The lowest BCUT2D eigenvalue weighted by Gasteiger charge is -1.94. The number of aromatic nitrogens is 1. The summed E-state index contributed by atoms with van der Waals surface area (Å²) < 4.78 is 12.1. The average molecular weight is 124 g/mol. The zero-order chi connectivity index (χ0) is 7.40. The lowest BCUT2D eigenvalue weighted by atomic mass is 10.3. The smallest absolute Gasteiger partial charge is 0.0844 e. The van der Waals surface area contributed by atoms with Gasteiger partial charge >= 0.3 is 0 Å². The molecular formula is C7H9NO. The van der Waals surface area contributed by atoms with Gasteiger partial charge in [-0.05, 0) is 11.6 Å². The van der Waals surface area contributed by atoms with Crippen molar-refractivity contribution in [1.82, 2.24) is 4.98 Å². The van der Waals surface area contributed by atoms with Gasteiger partial charge in [-0.3, -0.25) is 4.98 Å². The Bertz CT molecular complexity index is 215. The van der Waals surface area contributed by atoms with Crippen LogP contribution in [0.4, 0.5) is 0 Å². The van der Waals surface area contributed by atoms with E-state index in [0.717, 1.165) is 5.56 Å². The zero-order valence-corrected chi connectivity index (χ0v) is 5.29. The highest BCUT2D eigenvalue weighted by Crippen LogP contribution is 1.95. The van der Waals surface area contributed by atoms with Crippen LogP contribution in [-0.2, 0) is 11.3 Å². The average Bonchev–Trinajstić information content (AvgIpc) is 1.94. The molecule has 0 saturated carbocycles. The topological polar surface area (TPSA) is 22.1 Å². The van der Waals surface area contributed by atoms with Crippen LogP contribution in [-0.4, -0.2) is 12.1 Å². The minimum atomic E-state index is 0.296. The first-order valence-electron chi connectivity index (χ1n) is 3.24. The maximum atomic E-state index is 7.28. The third-order valence-electron chi connectivity index (χ3n) is 0.966. The van der Waals surface area contributed by atoms with Crippen LogP contribution in [0.2, 0.25) is 0 Å². The van der Waals surface area contributed by atoms with Gasteiger partial charge in [0.15, 0.2) is 0 Å². The van der Waals surface area contributed by atoms with Crippen LogP contribution in [0.25, 0.3) is 0 Å². The molecule has 0 radical (unpaired) electrons. The molecule has 1 aromatic heterocycles. The molecule has 1 aromatic rings. The number of ether oxygens (including phenoxy) is 1. The first-order chi connectivity index (χ1) is 4.84. The quantitative estimate of drug-likeness (QED) is 0.591. The highest BCUT2D eigenvalue weighted by atomic mass is 16.5. The zero-order valence-electron chi connectivity index (χ0n) is 6.29. The summed E-state index contributed by atoms with van der Waals surface area (Å²) in [7, 11) is 1.60. The Hall–Kier alpha value is -0.890. The Morgan fingerprint density at radius 3 is 3.44 bits per heavy atom. The first kappa shape index (κ1) is 4.94. The van der Waals surface area contributed by atoms with Crippen LogP contribution < -0.4 is 0 Å². The summed E-state index contributed by atoms with van der Waals surface area (Å²) >= 11 is 0. The van der Waals surface area contributed by atoms with E-state index in [0.29, 0.717) is 12.8 Å². The fourth-order valence-corrected chi connectivity index (χ4v) is 0.596. The van der Waals surface area contributed by atoms with E-state index < -0.39 is 0 Å². The Kier molecular flexibility index (Phi) is 1.76. The second-order valence-electron chi connectivity index (χ2n) is 1.71. The summed E-state index contributed by atoms with van der Waals surface area (Å²) in [6.07, 6.45) is 1.89. The molecule has 2 heteroatoms. The van der Waals surface area contributed by atoms with Crippen LogP contribution in [0, 0.1) is 0 Å². The second-order valence-corrected chi connectivity index (χ2v) is 1.71. The molecule has 0 amide bonds. The van der Waals surface area contributed by atoms with Gasteiger partial charge in [-0.15, -0.1) is 0 Å². The number of nitrogens with zero attached hydrogens (tertiary/aromatic N) is 1. The molecule has 2 nitrogen and oxygen atoms in total. The summed E-state index contributed by atoms with van der Waals surface area (Å²) in [5.41, 5.74) is 0.824. The van der Waals surface area contributed by atoms with E-state index in [4.69, 9.17) is 6.11 Å². The highest BCUT2D eigenvalue weighted by Gasteiger charge is 1.85. The van der Waals surface area contributed by atoms with Gasteiger partial charge in [0.1, 0.15) is 0 Å². The third kappa shape index (κ3) is 1.82. The molecule has 9 heavy (non-hydrogen) atoms. The van der Waals surface area contributed by atoms with Crippen molar-refractivity contribution in [2.75, 3.05) is 7.11 Å². The van der Waals surface area contributed by atoms with E-state index in [9.17, 15) is 0 Å². The summed E-state index contributed by atoms with van der Waals surface area (Å²) in [6, 6.07) is 3.63. The number of hydrogen-bond donors (Lipinski definition) is 0. The molecule has 0 bridgehead atoms. The molecular weight excluding hydrogens is 114 g/mol. The molecule has 0 aliphatic rings. The molecule has 1 rings (SSSR count).